The van der Waals surface area contributed by atoms with E-state index in [1.54, 1.807) is 18.6 Å². The van der Waals surface area contributed by atoms with Crippen LogP contribution in [0, 0.1) is 0 Å². The number of aromatic nitrogens is 2. The third kappa shape index (κ3) is 2.40. The van der Waals surface area contributed by atoms with Crippen LogP contribution in [0.15, 0.2) is 65.2 Å². The zero-order valence-corrected chi connectivity index (χ0v) is 14.0. The van der Waals surface area contributed by atoms with Gasteiger partial charge in [0.25, 0.3) is 0 Å². The number of amides is 2. The van der Waals surface area contributed by atoms with E-state index < -0.39 is 17.5 Å². The smallest absolute Gasteiger partial charge is 0.312 e. The minimum Gasteiger partial charge on any atom is -0.352 e. The number of nitrogens with one attached hydrogen (secondary N) is 1. The lowest BCUT2D eigenvalue weighted by atomic mass is 9.70. The van der Waals surface area contributed by atoms with Gasteiger partial charge in [0.05, 0.1) is 17.4 Å². The van der Waals surface area contributed by atoms with E-state index in [4.69, 9.17) is 5.73 Å². The molecule has 0 fully saturated rings. The van der Waals surface area contributed by atoms with Crippen LogP contribution in [-0.4, -0.2) is 28.3 Å². The maximum atomic E-state index is 11.7. The number of fused-ring (bicyclic) bond motifs is 1. The van der Waals surface area contributed by atoms with Gasteiger partial charge >= 0.3 is 6.03 Å². The van der Waals surface area contributed by atoms with Crippen LogP contribution in [0.25, 0.3) is 0 Å². The predicted molar refractivity (Wildman–Crippen MR) is 97.3 cm³/mol. The van der Waals surface area contributed by atoms with Gasteiger partial charge in [0.15, 0.2) is 0 Å². The molecule has 1 aliphatic rings. The average molecular weight is 349 g/mol. The molecule has 124 valence electrons. The maximum absolute atomic E-state index is 11.7. The van der Waals surface area contributed by atoms with Crippen molar-refractivity contribution in [3.05, 3.63) is 76.5 Å². The van der Waals surface area contributed by atoms with E-state index in [9.17, 15) is 4.79 Å². The summed E-state index contributed by atoms with van der Waals surface area (Å²) in [6, 6.07) is 12.4. The van der Waals surface area contributed by atoms with Crippen molar-refractivity contribution in [3.8, 4) is 0 Å². The largest absolute Gasteiger partial charge is 0.352 e. The van der Waals surface area contributed by atoms with Gasteiger partial charge in [-0.1, -0.05) is 24.3 Å². The van der Waals surface area contributed by atoms with Gasteiger partial charge in [0, 0.05) is 24.0 Å². The molecular formula is C18H15N5OS. The van der Waals surface area contributed by atoms with Gasteiger partial charge in [-0.05, 0) is 23.8 Å². The number of nitrogens with zero attached hydrogens (tertiary/aromatic N) is 3. The van der Waals surface area contributed by atoms with Gasteiger partial charge in [-0.2, -0.15) is 0 Å². The highest BCUT2D eigenvalue weighted by Gasteiger charge is 2.50. The number of pyridine rings is 1. The summed E-state index contributed by atoms with van der Waals surface area (Å²) in [6.07, 6.45) is 5.20. The number of urea groups is 1. The third-order valence-corrected chi connectivity index (χ3v) is 5.20. The molecular weight excluding hydrogens is 334 g/mol. The number of primary amides is 1. The van der Waals surface area contributed by atoms with E-state index in [2.05, 4.69) is 20.3 Å². The van der Waals surface area contributed by atoms with Gasteiger partial charge < -0.3 is 11.1 Å². The first-order valence-corrected chi connectivity index (χ1v) is 8.62. The third-order valence-electron chi connectivity index (χ3n) is 4.29. The van der Waals surface area contributed by atoms with Gasteiger partial charge in [0.1, 0.15) is 10.4 Å². The molecule has 0 bridgehead atoms. The van der Waals surface area contributed by atoms with Crippen LogP contribution in [0.5, 0.6) is 0 Å². The Bertz CT molecular complexity index is 926. The molecule has 0 radical (unpaired) electrons. The van der Waals surface area contributed by atoms with Crippen molar-refractivity contribution in [3.63, 3.8) is 0 Å². The van der Waals surface area contributed by atoms with E-state index in [1.165, 1.54) is 11.3 Å². The molecule has 2 aromatic heterocycles. The first-order valence-electron chi connectivity index (χ1n) is 7.74. The molecule has 6 nitrogen and oxygen atoms in total. The molecule has 2 unspecified atom stereocenters. The number of carbonyl (C=O) groups excluding carboxylic acids is 1. The Morgan fingerprint density at radius 3 is 2.68 bits per heavy atom. The van der Waals surface area contributed by atoms with E-state index in [0.717, 1.165) is 22.0 Å². The van der Waals surface area contributed by atoms with Crippen LogP contribution in [0.4, 0.5) is 10.5 Å². The number of aliphatic imine (C=N–C) groups is 1. The van der Waals surface area contributed by atoms with E-state index in [0.29, 0.717) is 0 Å². The highest BCUT2D eigenvalue weighted by Crippen LogP contribution is 2.47. The van der Waals surface area contributed by atoms with Crippen molar-refractivity contribution in [2.75, 3.05) is 0 Å². The maximum Gasteiger partial charge on any atom is 0.312 e. The van der Waals surface area contributed by atoms with Gasteiger partial charge in [-0.15, -0.1) is 11.3 Å². The van der Waals surface area contributed by atoms with Crippen LogP contribution in [0.3, 0.4) is 0 Å². The fourth-order valence-corrected chi connectivity index (χ4v) is 4.22. The second kappa shape index (κ2) is 6.10. The lowest BCUT2D eigenvalue weighted by molar-refractivity contribution is 0.245. The van der Waals surface area contributed by atoms with Gasteiger partial charge in [-0.3, -0.25) is 9.98 Å². The molecule has 0 saturated carbocycles. The van der Waals surface area contributed by atoms with Crippen LogP contribution in [0.1, 0.15) is 16.3 Å². The number of hydrogen-bond donors (Lipinski definition) is 2. The number of benzene rings is 1. The van der Waals surface area contributed by atoms with Crippen molar-refractivity contribution < 1.29 is 4.79 Å². The Balaban J connectivity index is 2.07. The van der Waals surface area contributed by atoms with Crippen LogP contribution < -0.4 is 11.1 Å². The number of carbonyl (C=O) groups is 1. The molecule has 7 heteroatoms. The number of hydrogen-bond acceptors (Lipinski definition) is 5. The fraction of sp³-hybridized carbons (Fsp3) is 0.111. The van der Waals surface area contributed by atoms with Gasteiger partial charge in [-0.25, -0.2) is 9.78 Å². The summed E-state index contributed by atoms with van der Waals surface area (Å²) >= 11 is 1.51. The Morgan fingerprint density at radius 1 is 1.12 bits per heavy atom. The van der Waals surface area contributed by atoms with Crippen molar-refractivity contribution in [2.45, 2.75) is 11.5 Å². The van der Waals surface area contributed by atoms with E-state index >= 15 is 0 Å². The first-order chi connectivity index (χ1) is 12.2. The molecule has 25 heavy (non-hydrogen) atoms. The number of rotatable bonds is 3. The second-order valence-corrected chi connectivity index (χ2v) is 6.54. The molecule has 3 N–H and O–H groups in total. The molecule has 1 aromatic carbocycles. The van der Waals surface area contributed by atoms with Crippen LogP contribution in [-0.2, 0) is 5.41 Å². The molecule has 3 aromatic rings. The topological polar surface area (TPSA) is 93.3 Å². The summed E-state index contributed by atoms with van der Waals surface area (Å²) < 4.78 is 0. The van der Waals surface area contributed by atoms with Crippen molar-refractivity contribution in [1.82, 2.24) is 15.3 Å². The Morgan fingerprint density at radius 2 is 1.96 bits per heavy atom. The molecule has 1 aliphatic heterocycles. The quantitative estimate of drug-likeness (QED) is 0.761. The molecule has 2 atom stereocenters. The molecule has 2 amide bonds. The van der Waals surface area contributed by atoms with Crippen molar-refractivity contribution in [1.29, 1.82) is 0 Å². The molecule has 4 rings (SSSR count). The molecule has 0 aliphatic carbocycles. The highest BCUT2D eigenvalue weighted by molar-refractivity contribution is 7.09. The van der Waals surface area contributed by atoms with Crippen molar-refractivity contribution >= 4 is 29.3 Å². The summed E-state index contributed by atoms with van der Waals surface area (Å²) in [5.41, 5.74) is 7.20. The second-order valence-electron chi connectivity index (χ2n) is 5.64. The Kier molecular flexibility index (Phi) is 3.77. The van der Waals surface area contributed by atoms with Gasteiger partial charge in [0.2, 0.25) is 0 Å². The first kappa shape index (κ1) is 15.5. The van der Waals surface area contributed by atoms with Crippen molar-refractivity contribution in [2.24, 2.45) is 10.7 Å². The molecule has 3 heterocycles. The monoisotopic (exact) mass is 349 g/mol. The summed E-state index contributed by atoms with van der Waals surface area (Å²) in [5, 5.41) is 5.55. The lowest BCUT2D eigenvalue weighted by Gasteiger charge is -2.40. The minimum atomic E-state index is -0.789. The minimum absolute atomic E-state index is 0.499. The summed E-state index contributed by atoms with van der Waals surface area (Å²) in [4.78, 5) is 25.4. The fourth-order valence-electron chi connectivity index (χ4n) is 3.32. The Labute approximate surface area is 148 Å². The summed E-state index contributed by atoms with van der Waals surface area (Å²) in [6.45, 7) is 0. The zero-order chi connectivity index (χ0) is 17.3. The summed E-state index contributed by atoms with van der Waals surface area (Å²) in [5.74, 6) is 0. The predicted octanol–water partition coefficient (Wildman–Crippen LogP) is 2.63. The zero-order valence-electron chi connectivity index (χ0n) is 13.2. The van der Waals surface area contributed by atoms with E-state index in [-0.39, 0.29) is 0 Å². The Hall–Kier alpha value is -3.06. The normalized spacial score (nSPS) is 21.5. The molecule has 0 saturated heterocycles. The standard InChI is InChI=1S/C18H15N5OS/c19-17(24)23-15-11-22-13-6-2-1-5-12(13)18(15,16-21-9-10-25-16)14-7-3-4-8-20-14/h1-11,15H,(H3,19,23,24). The van der Waals surface area contributed by atoms with Crippen LogP contribution in [0.2, 0.25) is 0 Å². The molecule has 0 spiro atoms. The SMILES string of the molecule is NC(=O)NC1C=Nc2ccccc2C1(c1ccccn1)c1nccs1. The van der Waals surface area contributed by atoms with E-state index in [1.807, 2.05) is 47.8 Å². The average Bonchev–Trinajstić information content (AvgIpc) is 3.17. The highest BCUT2D eigenvalue weighted by atomic mass is 32.1. The number of para-hydroxylation sites is 1. The summed E-state index contributed by atoms with van der Waals surface area (Å²) in [7, 11) is 0. The van der Waals surface area contributed by atoms with Crippen LogP contribution >= 0.6 is 11.3 Å². The number of thiazole rings is 1. The lowest BCUT2D eigenvalue weighted by Crippen LogP contribution is -2.55. The number of nitrogens with two attached hydrogens (primary N) is 1.